The molecule has 0 amide bonds. The number of piperazine rings is 1. The van der Waals surface area contributed by atoms with Gasteiger partial charge < -0.3 is 4.90 Å². The molecule has 1 aliphatic rings. The molecule has 1 aliphatic heterocycles. The Hall–Kier alpha value is -1.07. The number of rotatable bonds is 2. The first kappa shape index (κ1) is 12.4. The highest BCUT2D eigenvalue weighted by atomic mass is 32.2. The third kappa shape index (κ3) is 2.79. The summed E-state index contributed by atoms with van der Waals surface area (Å²) in [6.07, 6.45) is 1.27. The topological polar surface area (TPSA) is 40.6 Å². The highest BCUT2D eigenvalue weighted by Gasteiger charge is 2.23. The molecule has 0 bridgehead atoms. The maximum absolute atomic E-state index is 11.4. The number of aryl methyl sites for hydroxylation is 1. The predicted molar refractivity (Wildman–Crippen MR) is 68.6 cm³/mol. The van der Waals surface area contributed by atoms with Crippen LogP contribution in [0.3, 0.4) is 0 Å². The summed E-state index contributed by atoms with van der Waals surface area (Å²) in [4.78, 5) is 2.23. The molecule has 0 saturated carbocycles. The SMILES string of the molecule is Cc1c[c]ccc1N1CCN(S(C)(=O)=O)CC1. The minimum absolute atomic E-state index is 0.566. The molecule has 17 heavy (non-hydrogen) atoms. The lowest BCUT2D eigenvalue weighted by Gasteiger charge is -2.35. The van der Waals surface area contributed by atoms with E-state index in [9.17, 15) is 8.42 Å². The second-order valence-corrected chi connectivity index (χ2v) is 6.34. The van der Waals surface area contributed by atoms with Gasteiger partial charge in [-0.15, -0.1) is 0 Å². The zero-order valence-electron chi connectivity index (χ0n) is 10.2. The summed E-state index contributed by atoms with van der Waals surface area (Å²) in [7, 11) is -3.04. The Morgan fingerprint density at radius 1 is 1.24 bits per heavy atom. The van der Waals surface area contributed by atoms with Gasteiger partial charge in [-0.05, 0) is 30.7 Å². The van der Waals surface area contributed by atoms with Crippen molar-refractivity contribution in [2.24, 2.45) is 0 Å². The molecule has 1 aromatic carbocycles. The molecule has 0 atom stereocenters. The van der Waals surface area contributed by atoms with E-state index in [0.29, 0.717) is 13.1 Å². The van der Waals surface area contributed by atoms with E-state index in [4.69, 9.17) is 0 Å². The summed E-state index contributed by atoms with van der Waals surface area (Å²) >= 11 is 0. The largest absolute Gasteiger partial charge is 0.369 e. The quantitative estimate of drug-likeness (QED) is 0.785. The molecule has 2 rings (SSSR count). The first-order valence-corrected chi connectivity index (χ1v) is 7.50. The minimum atomic E-state index is -3.04. The van der Waals surface area contributed by atoms with E-state index in [2.05, 4.69) is 17.9 Å². The zero-order valence-corrected chi connectivity index (χ0v) is 11.0. The lowest BCUT2D eigenvalue weighted by Crippen LogP contribution is -2.48. The van der Waals surface area contributed by atoms with Gasteiger partial charge in [0, 0.05) is 31.9 Å². The highest BCUT2D eigenvalue weighted by molar-refractivity contribution is 7.88. The average Bonchev–Trinajstić information content (AvgIpc) is 2.29. The second-order valence-electron chi connectivity index (χ2n) is 4.36. The van der Waals surface area contributed by atoms with Crippen molar-refractivity contribution >= 4 is 15.7 Å². The molecule has 93 valence electrons. The number of hydrogen-bond acceptors (Lipinski definition) is 3. The van der Waals surface area contributed by atoms with E-state index in [0.717, 1.165) is 13.1 Å². The molecule has 0 aliphatic carbocycles. The summed E-state index contributed by atoms with van der Waals surface area (Å²) < 4.78 is 24.3. The maximum atomic E-state index is 11.4. The van der Waals surface area contributed by atoms with Gasteiger partial charge in [0.2, 0.25) is 10.0 Å². The summed E-state index contributed by atoms with van der Waals surface area (Å²) in [5.74, 6) is 0. The zero-order chi connectivity index (χ0) is 12.5. The summed E-state index contributed by atoms with van der Waals surface area (Å²) in [5, 5.41) is 0. The van der Waals surface area contributed by atoms with Crippen LogP contribution >= 0.6 is 0 Å². The molecular formula is C12H17N2O2S. The van der Waals surface area contributed by atoms with Crippen LogP contribution in [0.2, 0.25) is 0 Å². The molecule has 1 fully saturated rings. The van der Waals surface area contributed by atoms with Crippen molar-refractivity contribution in [2.45, 2.75) is 6.92 Å². The Morgan fingerprint density at radius 3 is 2.41 bits per heavy atom. The monoisotopic (exact) mass is 253 g/mol. The standard InChI is InChI=1S/C12H17N2O2S/c1-11-5-3-4-6-12(11)13-7-9-14(10-8-13)17(2,15)16/h4-6H,7-10H2,1-2H3. The van der Waals surface area contributed by atoms with Gasteiger partial charge in [-0.2, -0.15) is 4.31 Å². The molecular weight excluding hydrogens is 236 g/mol. The number of nitrogens with zero attached hydrogens (tertiary/aromatic N) is 2. The smallest absolute Gasteiger partial charge is 0.211 e. The van der Waals surface area contributed by atoms with Crippen LogP contribution < -0.4 is 4.90 Å². The van der Waals surface area contributed by atoms with E-state index < -0.39 is 10.0 Å². The summed E-state index contributed by atoms with van der Waals surface area (Å²) in [5.41, 5.74) is 2.36. The predicted octanol–water partition coefficient (Wildman–Crippen LogP) is 0.877. The van der Waals surface area contributed by atoms with Crippen molar-refractivity contribution < 1.29 is 8.42 Å². The molecule has 1 radical (unpaired) electrons. The summed E-state index contributed by atoms with van der Waals surface area (Å²) in [6, 6.07) is 8.92. The molecule has 1 saturated heterocycles. The molecule has 1 heterocycles. The Labute approximate surface area is 103 Å². The fourth-order valence-electron chi connectivity index (χ4n) is 2.12. The third-order valence-electron chi connectivity index (χ3n) is 3.09. The minimum Gasteiger partial charge on any atom is -0.369 e. The number of benzene rings is 1. The van der Waals surface area contributed by atoms with Crippen molar-refractivity contribution in [2.75, 3.05) is 37.3 Å². The molecule has 4 nitrogen and oxygen atoms in total. The molecule has 0 spiro atoms. The Bertz CT molecular complexity index is 491. The first-order chi connectivity index (χ1) is 7.98. The Kier molecular flexibility index (Phi) is 3.40. The third-order valence-corrected chi connectivity index (χ3v) is 4.39. The fourth-order valence-corrected chi connectivity index (χ4v) is 2.95. The van der Waals surface area contributed by atoms with Gasteiger partial charge >= 0.3 is 0 Å². The molecule has 0 aromatic heterocycles. The van der Waals surface area contributed by atoms with Gasteiger partial charge in [0.25, 0.3) is 0 Å². The van der Waals surface area contributed by atoms with E-state index >= 15 is 0 Å². The Balaban J connectivity index is 2.08. The summed E-state index contributed by atoms with van der Waals surface area (Å²) in [6.45, 7) is 4.68. The van der Waals surface area contributed by atoms with Crippen LogP contribution in [0.15, 0.2) is 18.2 Å². The van der Waals surface area contributed by atoms with Gasteiger partial charge in [0.05, 0.1) is 6.26 Å². The first-order valence-electron chi connectivity index (χ1n) is 5.65. The van der Waals surface area contributed by atoms with Crippen LogP contribution in [-0.4, -0.2) is 45.2 Å². The van der Waals surface area contributed by atoms with Gasteiger partial charge in [-0.1, -0.05) is 6.07 Å². The lowest BCUT2D eigenvalue weighted by molar-refractivity contribution is 0.388. The van der Waals surface area contributed by atoms with Crippen LogP contribution in [-0.2, 0) is 10.0 Å². The Morgan fingerprint density at radius 2 is 1.88 bits per heavy atom. The van der Waals surface area contributed by atoms with Gasteiger partial charge in [0.1, 0.15) is 0 Å². The van der Waals surface area contributed by atoms with Crippen molar-refractivity contribution in [1.29, 1.82) is 0 Å². The highest BCUT2D eigenvalue weighted by Crippen LogP contribution is 2.21. The van der Waals surface area contributed by atoms with E-state index in [1.807, 2.05) is 18.2 Å². The second kappa shape index (κ2) is 4.66. The normalized spacial score (nSPS) is 18.4. The molecule has 1 aromatic rings. The molecule has 0 N–H and O–H groups in total. The molecule has 5 heteroatoms. The average molecular weight is 253 g/mol. The van der Waals surface area contributed by atoms with Gasteiger partial charge in [-0.3, -0.25) is 0 Å². The van der Waals surface area contributed by atoms with Crippen molar-refractivity contribution in [1.82, 2.24) is 4.31 Å². The number of sulfonamides is 1. The van der Waals surface area contributed by atoms with Crippen LogP contribution in [0.5, 0.6) is 0 Å². The van der Waals surface area contributed by atoms with Crippen LogP contribution in [0, 0.1) is 13.0 Å². The van der Waals surface area contributed by atoms with Crippen LogP contribution in [0.25, 0.3) is 0 Å². The van der Waals surface area contributed by atoms with Crippen LogP contribution in [0.1, 0.15) is 5.56 Å². The number of hydrogen-bond donors (Lipinski definition) is 0. The van der Waals surface area contributed by atoms with E-state index in [1.165, 1.54) is 21.8 Å². The molecule has 0 unspecified atom stereocenters. The fraction of sp³-hybridized carbons (Fsp3) is 0.500. The van der Waals surface area contributed by atoms with Gasteiger partial charge in [-0.25, -0.2) is 8.42 Å². The van der Waals surface area contributed by atoms with Crippen molar-refractivity contribution in [3.8, 4) is 0 Å². The van der Waals surface area contributed by atoms with E-state index in [1.54, 1.807) is 0 Å². The maximum Gasteiger partial charge on any atom is 0.211 e. The van der Waals surface area contributed by atoms with E-state index in [-0.39, 0.29) is 0 Å². The lowest BCUT2D eigenvalue weighted by atomic mass is 10.1. The van der Waals surface area contributed by atoms with Gasteiger partial charge in [0.15, 0.2) is 0 Å². The van der Waals surface area contributed by atoms with Crippen LogP contribution in [0.4, 0.5) is 5.69 Å². The number of anilines is 1. The van der Waals surface area contributed by atoms with Crippen molar-refractivity contribution in [3.63, 3.8) is 0 Å². The van der Waals surface area contributed by atoms with Crippen molar-refractivity contribution in [3.05, 3.63) is 29.8 Å².